The second-order valence-electron chi connectivity index (χ2n) is 4.01. The fourth-order valence-electron chi connectivity index (χ4n) is 1.63. The molecule has 0 N–H and O–H groups in total. The highest BCUT2D eigenvalue weighted by Gasteiger charge is 2.24. The smallest absolute Gasteiger partial charge is 0.312 e. The van der Waals surface area contributed by atoms with Gasteiger partial charge in [-0.05, 0) is 18.4 Å². The Bertz CT molecular complexity index is 408. The van der Waals surface area contributed by atoms with Gasteiger partial charge < -0.3 is 9.05 Å². The van der Waals surface area contributed by atoms with Crippen LogP contribution in [0.25, 0.3) is 0 Å². The zero-order valence-electron chi connectivity index (χ0n) is 10.8. The van der Waals surface area contributed by atoms with Gasteiger partial charge in [0.05, 0.1) is 0 Å². The number of ketones is 1. The third-order valence-electron chi connectivity index (χ3n) is 2.69. The Labute approximate surface area is 108 Å². The van der Waals surface area contributed by atoms with Crippen molar-refractivity contribution in [1.29, 1.82) is 0 Å². The summed E-state index contributed by atoms with van der Waals surface area (Å²) in [4.78, 5) is 11.6. The van der Waals surface area contributed by atoms with Gasteiger partial charge in [-0.1, -0.05) is 30.3 Å². The van der Waals surface area contributed by atoms with Gasteiger partial charge in [-0.25, -0.2) is 0 Å². The summed E-state index contributed by atoms with van der Waals surface area (Å²) in [6.07, 6.45) is 1.84. The summed E-state index contributed by atoms with van der Waals surface area (Å²) in [5.41, 5.74) is 1.20. The predicted octanol–water partition coefficient (Wildman–Crippen LogP) is 3.06. The molecule has 18 heavy (non-hydrogen) atoms. The van der Waals surface area contributed by atoms with Gasteiger partial charge in [0, 0.05) is 20.6 Å². The van der Waals surface area contributed by atoms with Crippen molar-refractivity contribution in [3.63, 3.8) is 0 Å². The van der Waals surface area contributed by atoms with Gasteiger partial charge in [0.25, 0.3) is 0 Å². The molecular weight excluding hydrogens is 251 g/mol. The maximum absolute atomic E-state index is 11.7. The molecule has 0 saturated carbocycles. The van der Waals surface area contributed by atoms with E-state index in [2.05, 4.69) is 0 Å². The number of hydrogen-bond donors (Lipinski definition) is 0. The maximum Gasteiger partial charge on any atom is 0.337 e. The lowest BCUT2D eigenvalue weighted by molar-refractivity contribution is -0.117. The third-order valence-corrected chi connectivity index (χ3v) is 4.54. The van der Waals surface area contributed by atoms with Crippen molar-refractivity contribution in [3.8, 4) is 0 Å². The molecule has 0 aliphatic carbocycles. The summed E-state index contributed by atoms with van der Waals surface area (Å²) >= 11 is 0. The number of Topliss-reactive ketones (excluding diaryl/α,β-unsaturated/α-hetero) is 1. The average molecular weight is 270 g/mol. The minimum atomic E-state index is -3.20. The number of rotatable bonds is 8. The zero-order chi connectivity index (χ0) is 13.4. The van der Waals surface area contributed by atoms with Crippen LogP contribution in [0, 0.1) is 0 Å². The quantitative estimate of drug-likeness (QED) is 0.681. The van der Waals surface area contributed by atoms with E-state index in [1.165, 1.54) is 19.8 Å². The summed E-state index contributed by atoms with van der Waals surface area (Å²) in [6, 6.07) is 9.96. The molecule has 1 aromatic rings. The van der Waals surface area contributed by atoms with Crippen LogP contribution in [0.3, 0.4) is 0 Å². The lowest BCUT2D eigenvalue weighted by atomic mass is 10.1. The van der Waals surface area contributed by atoms with Crippen LogP contribution in [0.4, 0.5) is 0 Å². The fourth-order valence-corrected chi connectivity index (χ4v) is 2.63. The number of hydrogen-bond acceptors (Lipinski definition) is 4. The summed E-state index contributed by atoms with van der Waals surface area (Å²) < 4.78 is 21.2. The first-order chi connectivity index (χ1) is 8.59. The molecule has 0 aromatic heterocycles. The van der Waals surface area contributed by atoms with E-state index in [1.807, 2.05) is 30.3 Å². The van der Waals surface area contributed by atoms with E-state index in [0.717, 1.165) is 12.8 Å². The average Bonchev–Trinajstić information content (AvgIpc) is 2.40. The Morgan fingerprint density at radius 2 is 1.78 bits per heavy atom. The molecule has 0 spiro atoms. The molecule has 0 fully saturated rings. The molecule has 5 heteroatoms. The number of carbonyl (C=O) groups excluding carboxylic acids is 1. The van der Waals surface area contributed by atoms with Crippen molar-refractivity contribution in [2.75, 3.05) is 20.4 Å². The molecule has 0 heterocycles. The normalized spacial score (nSPS) is 11.4. The topological polar surface area (TPSA) is 52.6 Å². The number of carbonyl (C=O) groups is 1. The van der Waals surface area contributed by atoms with Gasteiger partial charge in [0.1, 0.15) is 11.9 Å². The first-order valence-electron chi connectivity index (χ1n) is 5.86. The second-order valence-corrected chi connectivity index (χ2v) is 6.28. The number of aryl methyl sites for hydroxylation is 1. The van der Waals surface area contributed by atoms with Gasteiger partial charge in [0.15, 0.2) is 0 Å². The van der Waals surface area contributed by atoms with Crippen molar-refractivity contribution in [2.24, 2.45) is 0 Å². The van der Waals surface area contributed by atoms with Crippen LogP contribution in [-0.2, 0) is 24.8 Å². The van der Waals surface area contributed by atoms with Crippen LogP contribution in [0.15, 0.2) is 30.3 Å². The molecule has 0 aliphatic rings. The van der Waals surface area contributed by atoms with E-state index < -0.39 is 7.60 Å². The van der Waals surface area contributed by atoms with Gasteiger partial charge in [-0.15, -0.1) is 0 Å². The summed E-state index contributed by atoms with van der Waals surface area (Å²) in [7, 11) is -0.613. The highest BCUT2D eigenvalue weighted by molar-refractivity contribution is 7.54. The molecule has 0 aliphatic heterocycles. The van der Waals surface area contributed by atoms with Crippen molar-refractivity contribution < 1.29 is 18.4 Å². The number of benzene rings is 1. The van der Waals surface area contributed by atoms with Crippen molar-refractivity contribution in [1.82, 2.24) is 0 Å². The van der Waals surface area contributed by atoms with Crippen LogP contribution in [-0.4, -0.2) is 26.2 Å². The first kappa shape index (κ1) is 15.1. The molecule has 0 radical (unpaired) electrons. The highest BCUT2D eigenvalue weighted by Crippen LogP contribution is 2.46. The maximum atomic E-state index is 11.7. The Hall–Kier alpha value is -0.960. The van der Waals surface area contributed by atoms with Crippen molar-refractivity contribution >= 4 is 13.4 Å². The first-order valence-corrected chi connectivity index (χ1v) is 7.58. The van der Waals surface area contributed by atoms with E-state index in [0.29, 0.717) is 6.42 Å². The van der Waals surface area contributed by atoms with Gasteiger partial charge in [-0.3, -0.25) is 9.36 Å². The molecule has 1 aromatic carbocycles. The molecule has 0 saturated heterocycles. The van der Waals surface area contributed by atoms with Crippen LogP contribution < -0.4 is 0 Å². The van der Waals surface area contributed by atoms with Crippen LogP contribution in [0.2, 0.25) is 0 Å². The summed E-state index contributed by atoms with van der Waals surface area (Å²) in [5, 5.41) is 0. The summed E-state index contributed by atoms with van der Waals surface area (Å²) in [5.74, 6) is -0.0852. The molecule has 1 rings (SSSR count). The van der Waals surface area contributed by atoms with Crippen molar-refractivity contribution in [2.45, 2.75) is 19.3 Å². The Morgan fingerprint density at radius 3 is 2.33 bits per heavy atom. The van der Waals surface area contributed by atoms with Crippen LogP contribution in [0.5, 0.6) is 0 Å². The highest BCUT2D eigenvalue weighted by atomic mass is 31.2. The largest absolute Gasteiger partial charge is 0.337 e. The standard InChI is InChI=1S/C13H19O4P/c1-16-18(15,17-2)11-13(14)10-6-9-12-7-4-3-5-8-12/h3-5,7-8H,6,9-11H2,1-2H3. The molecule has 0 amide bonds. The lowest BCUT2D eigenvalue weighted by Crippen LogP contribution is -2.08. The zero-order valence-corrected chi connectivity index (χ0v) is 11.7. The molecule has 0 unspecified atom stereocenters. The van der Waals surface area contributed by atoms with Gasteiger partial charge >= 0.3 is 7.60 Å². The fraction of sp³-hybridized carbons (Fsp3) is 0.462. The predicted molar refractivity (Wildman–Crippen MR) is 70.9 cm³/mol. The lowest BCUT2D eigenvalue weighted by Gasteiger charge is -2.12. The Morgan fingerprint density at radius 1 is 1.17 bits per heavy atom. The van der Waals surface area contributed by atoms with E-state index in [9.17, 15) is 9.36 Å². The Balaban J connectivity index is 2.32. The Kier molecular flexibility index (Phi) is 6.27. The van der Waals surface area contributed by atoms with Crippen molar-refractivity contribution in [3.05, 3.63) is 35.9 Å². The molecule has 0 bridgehead atoms. The third kappa shape index (κ3) is 5.13. The van der Waals surface area contributed by atoms with Gasteiger partial charge in [-0.2, -0.15) is 0 Å². The van der Waals surface area contributed by atoms with Crippen LogP contribution in [0.1, 0.15) is 18.4 Å². The minimum absolute atomic E-state index is 0.0852. The van der Waals surface area contributed by atoms with Gasteiger partial charge in [0.2, 0.25) is 0 Å². The molecule has 100 valence electrons. The van der Waals surface area contributed by atoms with E-state index in [4.69, 9.17) is 9.05 Å². The molecule has 0 atom stereocenters. The summed E-state index contributed by atoms with van der Waals surface area (Å²) in [6.45, 7) is 0. The minimum Gasteiger partial charge on any atom is -0.312 e. The van der Waals surface area contributed by atoms with E-state index in [1.54, 1.807) is 0 Å². The monoisotopic (exact) mass is 270 g/mol. The molecule has 4 nitrogen and oxygen atoms in total. The SMILES string of the molecule is COP(=O)(CC(=O)CCCc1ccccc1)OC. The molecular formula is C13H19O4P. The second kappa shape index (κ2) is 7.47. The van der Waals surface area contributed by atoms with Crippen LogP contribution >= 0.6 is 7.60 Å². The van der Waals surface area contributed by atoms with E-state index >= 15 is 0 Å². The van der Waals surface area contributed by atoms with E-state index in [-0.39, 0.29) is 11.9 Å².